The summed E-state index contributed by atoms with van der Waals surface area (Å²) in [5.41, 5.74) is 2.92. The SMILES string of the molecule is COc1cc([C@H]2NC(=O)c3cccc(C)c3N2)ccc1OC(F)F. The van der Waals surface area contributed by atoms with E-state index in [2.05, 4.69) is 15.4 Å². The minimum Gasteiger partial charge on any atom is -0.493 e. The van der Waals surface area contributed by atoms with E-state index in [0.717, 1.165) is 11.3 Å². The number of hydrogen-bond donors (Lipinski definition) is 2. The summed E-state index contributed by atoms with van der Waals surface area (Å²) in [5.74, 6) is -0.0984. The molecule has 0 unspecified atom stereocenters. The molecule has 0 saturated carbocycles. The van der Waals surface area contributed by atoms with Crippen LogP contribution in [0.2, 0.25) is 0 Å². The molecule has 0 saturated heterocycles. The van der Waals surface area contributed by atoms with Gasteiger partial charge in [-0.1, -0.05) is 18.2 Å². The van der Waals surface area contributed by atoms with Crippen LogP contribution in [0, 0.1) is 6.92 Å². The van der Waals surface area contributed by atoms with E-state index in [-0.39, 0.29) is 17.4 Å². The zero-order valence-electron chi connectivity index (χ0n) is 13.1. The van der Waals surface area contributed by atoms with Crippen LogP contribution in [0.1, 0.15) is 27.7 Å². The molecule has 7 heteroatoms. The topological polar surface area (TPSA) is 59.6 Å². The van der Waals surface area contributed by atoms with Crippen LogP contribution in [-0.2, 0) is 0 Å². The minimum atomic E-state index is -2.94. The van der Waals surface area contributed by atoms with Gasteiger partial charge in [-0.3, -0.25) is 4.79 Å². The highest BCUT2D eigenvalue weighted by molar-refractivity contribution is 6.02. The lowest BCUT2D eigenvalue weighted by Gasteiger charge is -2.29. The van der Waals surface area contributed by atoms with Crippen molar-refractivity contribution in [3.05, 3.63) is 53.1 Å². The predicted molar refractivity (Wildman–Crippen MR) is 84.6 cm³/mol. The van der Waals surface area contributed by atoms with Crippen LogP contribution >= 0.6 is 0 Å². The van der Waals surface area contributed by atoms with Crippen LogP contribution in [0.4, 0.5) is 14.5 Å². The van der Waals surface area contributed by atoms with E-state index >= 15 is 0 Å². The van der Waals surface area contributed by atoms with Gasteiger partial charge in [0.2, 0.25) is 0 Å². The highest BCUT2D eigenvalue weighted by Gasteiger charge is 2.26. The molecular formula is C17H16F2N2O3. The quantitative estimate of drug-likeness (QED) is 0.899. The number of para-hydroxylation sites is 1. The van der Waals surface area contributed by atoms with Crippen LogP contribution in [0.3, 0.4) is 0 Å². The summed E-state index contributed by atoms with van der Waals surface area (Å²) in [6, 6.07) is 10.00. The Hall–Kier alpha value is -2.83. The average molecular weight is 334 g/mol. The van der Waals surface area contributed by atoms with E-state index in [1.165, 1.54) is 13.2 Å². The van der Waals surface area contributed by atoms with Gasteiger partial charge in [-0.05, 0) is 36.2 Å². The first-order valence-electron chi connectivity index (χ1n) is 7.29. The molecule has 0 aliphatic carbocycles. The minimum absolute atomic E-state index is 0.0602. The molecule has 0 fully saturated rings. The normalized spacial score (nSPS) is 16.2. The van der Waals surface area contributed by atoms with E-state index in [0.29, 0.717) is 11.1 Å². The molecule has 0 radical (unpaired) electrons. The number of carbonyl (C=O) groups is 1. The molecule has 2 aromatic carbocycles. The molecule has 1 amide bonds. The Balaban J connectivity index is 1.93. The summed E-state index contributed by atoms with van der Waals surface area (Å²) in [4.78, 5) is 12.3. The van der Waals surface area contributed by atoms with Gasteiger partial charge in [0.05, 0.1) is 18.4 Å². The monoisotopic (exact) mass is 334 g/mol. The second kappa shape index (κ2) is 6.35. The highest BCUT2D eigenvalue weighted by atomic mass is 19.3. The number of rotatable bonds is 4. The fraction of sp³-hybridized carbons (Fsp3) is 0.235. The van der Waals surface area contributed by atoms with Gasteiger partial charge < -0.3 is 20.1 Å². The Morgan fingerprint density at radius 1 is 1.12 bits per heavy atom. The largest absolute Gasteiger partial charge is 0.493 e. The Kier molecular flexibility index (Phi) is 4.24. The first-order chi connectivity index (χ1) is 11.5. The summed E-state index contributed by atoms with van der Waals surface area (Å²) in [5, 5.41) is 6.08. The van der Waals surface area contributed by atoms with E-state index in [1.807, 2.05) is 19.1 Å². The summed E-state index contributed by atoms with van der Waals surface area (Å²) < 4.78 is 34.3. The zero-order valence-corrected chi connectivity index (χ0v) is 13.1. The van der Waals surface area contributed by atoms with Gasteiger partial charge in [0.25, 0.3) is 5.91 Å². The first kappa shape index (κ1) is 16.0. The number of ether oxygens (including phenoxy) is 2. The van der Waals surface area contributed by atoms with Gasteiger partial charge in [0.1, 0.15) is 6.17 Å². The number of halogens is 2. The lowest BCUT2D eigenvalue weighted by molar-refractivity contribution is -0.0512. The molecule has 2 N–H and O–H groups in total. The van der Waals surface area contributed by atoms with Crippen molar-refractivity contribution in [1.29, 1.82) is 0 Å². The fourth-order valence-electron chi connectivity index (χ4n) is 2.66. The van der Waals surface area contributed by atoms with Crippen LogP contribution in [0.15, 0.2) is 36.4 Å². The van der Waals surface area contributed by atoms with Crippen molar-refractivity contribution < 1.29 is 23.0 Å². The van der Waals surface area contributed by atoms with Gasteiger partial charge in [0.15, 0.2) is 11.5 Å². The van der Waals surface area contributed by atoms with Crippen LogP contribution < -0.4 is 20.1 Å². The Labute approximate surface area is 137 Å². The van der Waals surface area contributed by atoms with Crippen molar-refractivity contribution in [1.82, 2.24) is 5.32 Å². The number of benzene rings is 2. The number of aryl methyl sites for hydroxylation is 1. The zero-order chi connectivity index (χ0) is 17.3. The number of carbonyl (C=O) groups excluding carboxylic acids is 1. The van der Waals surface area contributed by atoms with Crippen LogP contribution in [0.25, 0.3) is 0 Å². The van der Waals surface area contributed by atoms with Crippen LogP contribution in [0.5, 0.6) is 11.5 Å². The van der Waals surface area contributed by atoms with Crippen molar-refractivity contribution >= 4 is 11.6 Å². The van der Waals surface area contributed by atoms with Gasteiger partial charge in [0, 0.05) is 0 Å². The van der Waals surface area contributed by atoms with Gasteiger partial charge in [-0.2, -0.15) is 8.78 Å². The second-order valence-corrected chi connectivity index (χ2v) is 5.34. The van der Waals surface area contributed by atoms with Gasteiger partial charge in [-0.25, -0.2) is 0 Å². The summed E-state index contributed by atoms with van der Waals surface area (Å²) >= 11 is 0. The third kappa shape index (κ3) is 2.97. The third-order valence-electron chi connectivity index (χ3n) is 3.82. The number of hydrogen-bond acceptors (Lipinski definition) is 4. The maximum atomic E-state index is 12.4. The molecule has 24 heavy (non-hydrogen) atoms. The lowest BCUT2D eigenvalue weighted by Crippen LogP contribution is -2.38. The molecule has 5 nitrogen and oxygen atoms in total. The lowest BCUT2D eigenvalue weighted by atomic mass is 10.0. The Bertz CT molecular complexity index is 780. The molecule has 0 aromatic heterocycles. The molecule has 3 rings (SSSR count). The van der Waals surface area contributed by atoms with E-state index in [9.17, 15) is 13.6 Å². The number of fused-ring (bicyclic) bond motifs is 1. The molecule has 1 heterocycles. The molecule has 0 spiro atoms. The molecule has 1 atom stereocenters. The number of nitrogens with one attached hydrogen (secondary N) is 2. The molecule has 1 aliphatic heterocycles. The Morgan fingerprint density at radius 3 is 2.62 bits per heavy atom. The van der Waals surface area contributed by atoms with Gasteiger partial charge in [-0.15, -0.1) is 0 Å². The summed E-state index contributed by atoms with van der Waals surface area (Å²) in [6.45, 7) is -1.03. The molecule has 2 aromatic rings. The summed E-state index contributed by atoms with van der Waals surface area (Å²) in [7, 11) is 1.36. The van der Waals surface area contributed by atoms with E-state index in [1.54, 1.807) is 18.2 Å². The molecule has 126 valence electrons. The second-order valence-electron chi connectivity index (χ2n) is 5.34. The van der Waals surface area contributed by atoms with Crippen molar-refractivity contribution in [3.63, 3.8) is 0 Å². The molecule has 0 bridgehead atoms. The number of amides is 1. The number of alkyl halides is 2. The number of methoxy groups -OCH3 is 1. The fourth-order valence-corrected chi connectivity index (χ4v) is 2.66. The van der Waals surface area contributed by atoms with Gasteiger partial charge >= 0.3 is 6.61 Å². The van der Waals surface area contributed by atoms with Crippen molar-refractivity contribution in [2.45, 2.75) is 19.7 Å². The van der Waals surface area contributed by atoms with Crippen LogP contribution in [-0.4, -0.2) is 19.6 Å². The molecular weight excluding hydrogens is 318 g/mol. The van der Waals surface area contributed by atoms with E-state index < -0.39 is 12.8 Å². The maximum absolute atomic E-state index is 12.4. The Morgan fingerprint density at radius 2 is 1.92 bits per heavy atom. The first-order valence-corrected chi connectivity index (χ1v) is 7.29. The average Bonchev–Trinajstić information content (AvgIpc) is 2.55. The summed E-state index contributed by atoms with van der Waals surface area (Å²) in [6.07, 6.45) is -0.499. The van der Waals surface area contributed by atoms with E-state index in [4.69, 9.17) is 4.74 Å². The molecule has 1 aliphatic rings. The smallest absolute Gasteiger partial charge is 0.387 e. The standard InChI is InChI=1S/C17H16F2N2O3/c1-9-4-3-5-11-14(9)20-15(21-16(11)22)10-6-7-12(24-17(18)19)13(8-10)23-2/h3-8,15,17,20H,1-2H3,(H,21,22)/t15-/m1/s1. The third-order valence-corrected chi connectivity index (χ3v) is 3.82. The van der Waals surface area contributed by atoms with Crippen molar-refractivity contribution in [2.75, 3.05) is 12.4 Å². The number of anilines is 1. The highest BCUT2D eigenvalue weighted by Crippen LogP contribution is 2.34. The predicted octanol–water partition coefficient (Wildman–Crippen LogP) is 3.46. The van der Waals surface area contributed by atoms with Crippen molar-refractivity contribution in [2.24, 2.45) is 0 Å². The van der Waals surface area contributed by atoms with Crippen molar-refractivity contribution in [3.8, 4) is 11.5 Å². The maximum Gasteiger partial charge on any atom is 0.387 e.